The van der Waals surface area contributed by atoms with Gasteiger partial charge in [0, 0.05) is 62.4 Å². The number of hydrogen-bond acceptors (Lipinski definition) is 6. The summed E-state index contributed by atoms with van der Waals surface area (Å²) in [5, 5.41) is 0. The second-order valence-corrected chi connectivity index (χ2v) is 15.6. The van der Waals surface area contributed by atoms with E-state index in [0.29, 0.717) is 17.5 Å². The fraction of sp³-hybridized carbons (Fsp3) is 0.0192. The fourth-order valence-corrected chi connectivity index (χ4v) is 9.75. The van der Waals surface area contributed by atoms with Gasteiger partial charge in [0.15, 0.2) is 17.5 Å². The molecule has 272 valence electrons. The summed E-state index contributed by atoms with van der Waals surface area (Å²) in [4.78, 5) is 27.0. The molecule has 0 amide bonds. The lowest BCUT2D eigenvalue weighted by molar-refractivity contribution is 0.701. The van der Waals surface area contributed by atoms with Gasteiger partial charge in [0.05, 0.1) is 5.41 Å². The number of aromatic nitrogens is 5. The van der Waals surface area contributed by atoms with Crippen molar-refractivity contribution in [1.29, 1.82) is 0 Å². The van der Waals surface area contributed by atoms with Gasteiger partial charge >= 0.3 is 0 Å². The van der Waals surface area contributed by atoms with Gasteiger partial charge in [-0.2, -0.15) is 0 Å². The lowest BCUT2D eigenvalue weighted by Crippen LogP contribution is -2.35. The van der Waals surface area contributed by atoms with Gasteiger partial charge < -0.3 is 0 Å². The Morgan fingerprint density at radius 3 is 1.36 bits per heavy atom. The minimum absolute atomic E-state index is 0.595. The van der Waals surface area contributed by atoms with Gasteiger partial charge in [-0.3, -0.25) is 9.97 Å². The molecule has 0 atom stereocenters. The minimum Gasteiger partial charge on any atom is -0.264 e. The summed E-state index contributed by atoms with van der Waals surface area (Å²) < 4.78 is 0. The number of hydrogen-bond donors (Lipinski definition) is 0. The standard InChI is InChI=1S/C52H33N5S/c1-2-18-43-34(11-1)23-24-35-25-26-40(31-46(35)52(43)44-19-3-5-21-47(44)58-48-22-6-4-20-45(48)52)51-56-49(38-14-7-12-36(29-38)41-16-9-27-53-32-41)55-50(57-51)39-15-8-13-37(30-39)42-17-10-28-54-33-42/h1-33H. The van der Waals surface area contributed by atoms with Crippen LogP contribution in [0.5, 0.6) is 0 Å². The molecule has 0 unspecified atom stereocenters. The smallest absolute Gasteiger partial charge is 0.164 e. The zero-order chi connectivity index (χ0) is 38.5. The third-order valence-corrected chi connectivity index (χ3v) is 12.3. The Hall–Kier alpha value is -7.28. The molecule has 5 nitrogen and oxygen atoms in total. The molecule has 0 radical (unpaired) electrons. The third-order valence-electron chi connectivity index (χ3n) is 11.2. The highest BCUT2D eigenvalue weighted by Gasteiger charge is 2.46. The van der Waals surface area contributed by atoms with E-state index in [1.807, 2.05) is 36.3 Å². The number of pyridine rings is 2. The van der Waals surface area contributed by atoms with Crippen molar-refractivity contribution < 1.29 is 0 Å². The van der Waals surface area contributed by atoms with Crippen molar-refractivity contribution in [2.24, 2.45) is 0 Å². The van der Waals surface area contributed by atoms with Crippen LogP contribution in [-0.4, -0.2) is 24.9 Å². The highest BCUT2D eigenvalue weighted by Crippen LogP contribution is 2.58. The molecule has 0 fully saturated rings. The van der Waals surface area contributed by atoms with E-state index in [0.717, 1.165) is 44.5 Å². The van der Waals surface area contributed by atoms with Gasteiger partial charge in [-0.05, 0) is 87.0 Å². The van der Waals surface area contributed by atoms with Crippen LogP contribution in [-0.2, 0) is 5.41 Å². The van der Waals surface area contributed by atoms with Crippen molar-refractivity contribution in [1.82, 2.24) is 24.9 Å². The summed E-state index contributed by atoms with van der Waals surface area (Å²) in [6, 6.07) is 58.0. The minimum atomic E-state index is -0.599. The Labute approximate surface area is 341 Å². The van der Waals surface area contributed by atoms with Crippen molar-refractivity contribution in [3.63, 3.8) is 0 Å². The average Bonchev–Trinajstić information content (AvgIpc) is 3.44. The second-order valence-electron chi connectivity index (χ2n) is 14.5. The van der Waals surface area contributed by atoms with E-state index >= 15 is 0 Å². The van der Waals surface area contributed by atoms with Crippen molar-refractivity contribution >= 4 is 23.9 Å². The Kier molecular flexibility index (Phi) is 8.23. The first-order chi connectivity index (χ1) is 28.7. The monoisotopic (exact) mass is 759 g/mol. The molecule has 9 aromatic rings. The Morgan fingerprint density at radius 2 is 0.810 bits per heavy atom. The van der Waals surface area contributed by atoms with E-state index in [2.05, 4.69) is 174 Å². The van der Waals surface area contributed by atoms with E-state index in [4.69, 9.17) is 15.0 Å². The van der Waals surface area contributed by atoms with E-state index in [-0.39, 0.29) is 0 Å². The molecule has 6 aromatic carbocycles. The first kappa shape index (κ1) is 34.0. The van der Waals surface area contributed by atoms with Crippen LogP contribution in [0.1, 0.15) is 33.4 Å². The van der Waals surface area contributed by atoms with Crippen LogP contribution in [0.3, 0.4) is 0 Å². The number of nitrogens with zero attached hydrogens (tertiary/aromatic N) is 5. The summed E-state index contributed by atoms with van der Waals surface area (Å²) in [5.41, 5.74) is 13.6. The third kappa shape index (κ3) is 5.68. The van der Waals surface area contributed by atoms with E-state index < -0.39 is 5.41 Å². The van der Waals surface area contributed by atoms with Crippen molar-refractivity contribution in [3.8, 4) is 56.4 Å². The molecular weight excluding hydrogens is 727 g/mol. The molecule has 0 bridgehead atoms. The van der Waals surface area contributed by atoms with Crippen molar-refractivity contribution in [3.05, 3.63) is 222 Å². The summed E-state index contributed by atoms with van der Waals surface area (Å²) in [6.07, 6.45) is 11.9. The first-order valence-corrected chi connectivity index (χ1v) is 20.1. The lowest BCUT2D eigenvalue weighted by Gasteiger charge is -2.42. The average molecular weight is 760 g/mol. The van der Waals surface area contributed by atoms with E-state index in [1.165, 1.54) is 37.6 Å². The summed E-state index contributed by atoms with van der Waals surface area (Å²) in [5.74, 6) is 1.79. The summed E-state index contributed by atoms with van der Waals surface area (Å²) >= 11 is 1.84. The molecule has 0 saturated carbocycles. The van der Waals surface area contributed by atoms with Gasteiger partial charge in [0.1, 0.15) is 0 Å². The van der Waals surface area contributed by atoms with Gasteiger partial charge in [-0.1, -0.05) is 145 Å². The Balaban J connectivity index is 1.16. The molecule has 1 aliphatic carbocycles. The van der Waals surface area contributed by atoms with Gasteiger partial charge in [-0.25, -0.2) is 15.0 Å². The molecule has 1 spiro atoms. The molecule has 3 aromatic heterocycles. The Morgan fingerprint density at radius 1 is 0.345 bits per heavy atom. The summed E-state index contributed by atoms with van der Waals surface area (Å²) in [6.45, 7) is 0. The topological polar surface area (TPSA) is 64.5 Å². The van der Waals surface area contributed by atoms with Crippen LogP contribution in [0, 0.1) is 0 Å². The molecule has 58 heavy (non-hydrogen) atoms. The van der Waals surface area contributed by atoms with Gasteiger partial charge in [0.2, 0.25) is 0 Å². The predicted octanol–water partition coefficient (Wildman–Crippen LogP) is 12.3. The zero-order valence-electron chi connectivity index (χ0n) is 31.2. The van der Waals surface area contributed by atoms with Crippen LogP contribution in [0.25, 0.3) is 68.6 Å². The maximum absolute atomic E-state index is 5.28. The highest BCUT2D eigenvalue weighted by molar-refractivity contribution is 7.99. The first-order valence-electron chi connectivity index (χ1n) is 19.3. The largest absolute Gasteiger partial charge is 0.264 e. The summed E-state index contributed by atoms with van der Waals surface area (Å²) in [7, 11) is 0. The van der Waals surface area contributed by atoms with Crippen LogP contribution >= 0.6 is 11.8 Å². The van der Waals surface area contributed by atoms with Gasteiger partial charge in [0.25, 0.3) is 0 Å². The number of rotatable bonds is 5. The molecule has 11 rings (SSSR count). The van der Waals surface area contributed by atoms with E-state index in [1.54, 1.807) is 12.4 Å². The van der Waals surface area contributed by atoms with E-state index in [9.17, 15) is 0 Å². The molecule has 2 aliphatic rings. The predicted molar refractivity (Wildman–Crippen MR) is 234 cm³/mol. The SMILES string of the molecule is C1=Cc2ccc(-c3nc(-c4cccc(-c5cccnc5)c4)nc(-c4cccc(-c5cccnc5)c4)n3)cc2C2(c3ccccc31)c1ccccc1Sc1ccccc12. The van der Waals surface area contributed by atoms with Crippen LogP contribution < -0.4 is 0 Å². The Bertz CT molecular complexity index is 2900. The maximum atomic E-state index is 5.28. The lowest BCUT2D eigenvalue weighted by atomic mass is 9.63. The molecule has 4 heterocycles. The molecule has 0 saturated heterocycles. The number of benzene rings is 6. The zero-order valence-corrected chi connectivity index (χ0v) is 32.0. The van der Waals surface area contributed by atoms with Crippen LogP contribution in [0.4, 0.5) is 0 Å². The molecule has 1 aliphatic heterocycles. The maximum Gasteiger partial charge on any atom is 0.164 e. The van der Waals surface area contributed by atoms with Gasteiger partial charge in [-0.15, -0.1) is 0 Å². The quantitative estimate of drug-likeness (QED) is 0.174. The van der Waals surface area contributed by atoms with Crippen molar-refractivity contribution in [2.45, 2.75) is 15.2 Å². The molecule has 6 heteroatoms. The fourth-order valence-electron chi connectivity index (χ4n) is 8.55. The number of fused-ring (bicyclic) bond motifs is 8. The van der Waals surface area contributed by atoms with Crippen LogP contribution in [0.15, 0.2) is 198 Å². The normalized spacial score (nSPS) is 13.2. The molecular formula is C52H33N5S. The van der Waals surface area contributed by atoms with Crippen LogP contribution in [0.2, 0.25) is 0 Å². The van der Waals surface area contributed by atoms with Crippen molar-refractivity contribution in [2.75, 3.05) is 0 Å². The second kappa shape index (κ2) is 14.0. The molecule has 0 N–H and O–H groups in total. The highest BCUT2D eigenvalue weighted by atomic mass is 32.2.